The molecule has 108 valence electrons. The Hall–Kier alpha value is -1.43. The molecule has 0 heterocycles. The van der Waals surface area contributed by atoms with Gasteiger partial charge in [0.1, 0.15) is 4.99 Å². The Bertz CT molecular complexity index is 734. The SMILES string of the molecule is Cc1ccc(Cl)cc1C(=O)Nc1ccc(C(N)=S)cc1Br. The van der Waals surface area contributed by atoms with Crippen LogP contribution in [-0.4, -0.2) is 10.9 Å². The molecule has 0 aromatic heterocycles. The molecule has 2 rings (SSSR count). The van der Waals surface area contributed by atoms with Gasteiger partial charge in [-0.1, -0.05) is 29.9 Å². The molecular weight excluding hydrogens is 372 g/mol. The van der Waals surface area contributed by atoms with E-state index in [1.54, 1.807) is 30.3 Å². The molecule has 1 amide bonds. The highest BCUT2D eigenvalue weighted by Gasteiger charge is 2.12. The lowest BCUT2D eigenvalue weighted by atomic mass is 10.1. The lowest BCUT2D eigenvalue weighted by Crippen LogP contribution is -2.14. The zero-order valence-electron chi connectivity index (χ0n) is 11.1. The van der Waals surface area contributed by atoms with E-state index in [1.807, 2.05) is 13.0 Å². The van der Waals surface area contributed by atoms with Crippen LogP contribution in [0.4, 0.5) is 5.69 Å². The fraction of sp³-hybridized carbons (Fsp3) is 0.0667. The van der Waals surface area contributed by atoms with Crippen LogP contribution in [0.15, 0.2) is 40.9 Å². The van der Waals surface area contributed by atoms with Crippen molar-refractivity contribution < 1.29 is 4.79 Å². The minimum atomic E-state index is -0.223. The normalized spacial score (nSPS) is 10.2. The van der Waals surface area contributed by atoms with Gasteiger partial charge >= 0.3 is 0 Å². The van der Waals surface area contributed by atoms with Crippen LogP contribution in [0.1, 0.15) is 21.5 Å². The summed E-state index contributed by atoms with van der Waals surface area (Å²) in [6.45, 7) is 1.86. The number of carbonyl (C=O) groups is 1. The van der Waals surface area contributed by atoms with Crippen molar-refractivity contribution in [3.63, 3.8) is 0 Å². The second kappa shape index (κ2) is 6.56. The van der Waals surface area contributed by atoms with Gasteiger partial charge in [-0.15, -0.1) is 0 Å². The molecule has 21 heavy (non-hydrogen) atoms. The van der Waals surface area contributed by atoms with Crippen LogP contribution in [0.3, 0.4) is 0 Å². The van der Waals surface area contributed by atoms with Crippen molar-refractivity contribution >= 4 is 56.3 Å². The second-order valence-electron chi connectivity index (χ2n) is 4.47. The van der Waals surface area contributed by atoms with Gasteiger partial charge in [-0.25, -0.2) is 0 Å². The van der Waals surface area contributed by atoms with Gasteiger partial charge in [-0.2, -0.15) is 0 Å². The van der Waals surface area contributed by atoms with Crippen LogP contribution in [0.25, 0.3) is 0 Å². The van der Waals surface area contributed by atoms with Gasteiger partial charge < -0.3 is 11.1 Å². The molecule has 0 saturated heterocycles. The number of carbonyl (C=O) groups excluding carboxylic acids is 1. The number of aryl methyl sites for hydroxylation is 1. The van der Waals surface area contributed by atoms with Crippen molar-refractivity contribution in [1.82, 2.24) is 0 Å². The Kier molecular flexibility index (Phi) is 4.98. The first-order valence-electron chi connectivity index (χ1n) is 6.05. The number of hydrogen-bond acceptors (Lipinski definition) is 2. The fourth-order valence-corrected chi connectivity index (χ4v) is 2.58. The first kappa shape index (κ1) is 15.9. The third-order valence-corrected chi connectivity index (χ3v) is 4.07. The van der Waals surface area contributed by atoms with E-state index in [0.29, 0.717) is 25.7 Å². The van der Waals surface area contributed by atoms with Crippen molar-refractivity contribution in [3.8, 4) is 0 Å². The van der Waals surface area contributed by atoms with Crippen molar-refractivity contribution in [1.29, 1.82) is 0 Å². The number of nitrogens with one attached hydrogen (secondary N) is 1. The van der Waals surface area contributed by atoms with E-state index in [-0.39, 0.29) is 5.91 Å². The van der Waals surface area contributed by atoms with E-state index in [1.165, 1.54) is 0 Å². The molecule has 2 aromatic rings. The Morgan fingerprint density at radius 3 is 2.62 bits per heavy atom. The number of nitrogens with two attached hydrogens (primary N) is 1. The summed E-state index contributed by atoms with van der Waals surface area (Å²) in [6, 6.07) is 10.5. The summed E-state index contributed by atoms with van der Waals surface area (Å²) in [5.41, 5.74) is 8.33. The van der Waals surface area contributed by atoms with Gasteiger partial charge in [0.15, 0.2) is 0 Å². The molecule has 0 spiro atoms. The van der Waals surface area contributed by atoms with Crippen molar-refractivity contribution in [2.45, 2.75) is 6.92 Å². The molecule has 0 atom stereocenters. The lowest BCUT2D eigenvalue weighted by molar-refractivity contribution is 0.102. The molecule has 0 aliphatic carbocycles. The predicted molar refractivity (Wildman–Crippen MR) is 94.2 cm³/mol. The number of hydrogen-bond donors (Lipinski definition) is 2. The molecule has 0 bridgehead atoms. The topological polar surface area (TPSA) is 55.1 Å². The van der Waals surface area contributed by atoms with Crippen LogP contribution in [-0.2, 0) is 0 Å². The summed E-state index contributed by atoms with van der Waals surface area (Å²) in [4.78, 5) is 12.6. The summed E-state index contributed by atoms with van der Waals surface area (Å²) in [5.74, 6) is -0.223. The quantitative estimate of drug-likeness (QED) is 0.777. The fourth-order valence-electron chi connectivity index (χ4n) is 1.80. The molecule has 0 aliphatic heterocycles. The summed E-state index contributed by atoms with van der Waals surface area (Å²) in [7, 11) is 0. The van der Waals surface area contributed by atoms with Gasteiger partial charge in [0.25, 0.3) is 5.91 Å². The first-order chi connectivity index (χ1) is 9.88. The van der Waals surface area contributed by atoms with Crippen molar-refractivity contribution in [3.05, 3.63) is 62.6 Å². The third kappa shape index (κ3) is 3.81. The highest BCUT2D eigenvalue weighted by atomic mass is 79.9. The molecule has 3 nitrogen and oxygen atoms in total. The first-order valence-corrected chi connectivity index (χ1v) is 7.63. The van der Waals surface area contributed by atoms with Gasteiger partial charge in [0.2, 0.25) is 0 Å². The van der Waals surface area contributed by atoms with Gasteiger partial charge in [0, 0.05) is 20.6 Å². The molecule has 0 saturated carbocycles. The zero-order chi connectivity index (χ0) is 15.6. The zero-order valence-corrected chi connectivity index (χ0v) is 14.3. The molecule has 0 unspecified atom stereocenters. The van der Waals surface area contributed by atoms with Crippen molar-refractivity contribution in [2.75, 3.05) is 5.32 Å². The van der Waals surface area contributed by atoms with E-state index in [9.17, 15) is 4.79 Å². The van der Waals surface area contributed by atoms with Gasteiger partial charge in [-0.05, 0) is 58.7 Å². The van der Waals surface area contributed by atoms with Gasteiger partial charge in [0.05, 0.1) is 5.69 Å². The minimum absolute atomic E-state index is 0.223. The van der Waals surface area contributed by atoms with E-state index in [2.05, 4.69) is 21.2 Å². The molecular formula is C15H12BrClN2OS. The van der Waals surface area contributed by atoms with E-state index < -0.39 is 0 Å². The minimum Gasteiger partial charge on any atom is -0.389 e. The summed E-state index contributed by atoms with van der Waals surface area (Å²) in [5, 5.41) is 3.35. The lowest BCUT2D eigenvalue weighted by Gasteiger charge is -2.10. The average Bonchev–Trinajstić information content (AvgIpc) is 2.43. The number of benzene rings is 2. The molecule has 6 heteroatoms. The molecule has 0 fully saturated rings. The van der Waals surface area contributed by atoms with E-state index in [4.69, 9.17) is 29.6 Å². The van der Waals surface area contributed by atoms with Gasteiger partial charge in [-0.3, -0.25) is 4.79 Å². The monoisotopic (exact) mass is 382 g/mol. The highest BCUT2D eigenvalue weighted by Crippen LogP contribution is 2.25. The molecule has 0 aliphatic rings. The molecule has 3 N–H and O–H groups in total. The van der Waals surface area contributed by atoms with Crippen LogP contribution < -0.4 is 11.1 Å². The maximum absolute atomic E-state index is 12.3. The molecule has 2 aromatic carbocycles. The smallest absolute Gasteiger partial charge is 0.256 e. The number of amides is 1. The Labute approximate surface area is 141 Å². The molecule has 0 radical (unpaired) electrons. The standard InChI is InChI=1S/C15H12BrClN2OS/c1-8-2-4-10(17)7-11(8)15(20)19-13-5-3-9(14(18)21)6-12(13)16/h2-7H,1H3,(H2,18,21)(H,19,20). The largest absolute Gasteiger partial charge is 0.389 e. The van der Waals surface area contributed by atoms with Crippen LogP contribution in [0.5, 0.6) is 0 Å². The van der Waals surface area contributed by atoms with Crippen LogP contribution in [0, 0.1) is 6.92 Å². The predicted octanol–water partition coefficient (Wildman–Crippen LogP) is 4.30. The summed E-state index contributed by atoms with van der Waals surface area (Å²) < 4.78 is 0.709. The third-order valence-electron chi connectivity index (χ3n) is 2.95. The van der Waals surface area contributed by atoms with Crippen molar-refractivity contribution in [2.24, 2.45) is 5.73 Å². The van der Waals surface area contributed by atoms with E-state index in [0.717, 1.165) is 11.1 Å². The number of rotatable bonds is 3. The second-order valence-corrected chi connectivity index (χ2v) is 6.20. The highest BCUT2D eigenvalue weighted by molar-refractivity contribution is 9.10. The number of thiocarbonyl (C=S) groups is 1. The van der Waals surface area contributed by atoms with E-state index >= 15 is 0 Å². The number of anilines is 1. The average molecular weight is 384 g/mol. The van der Waals surface area contributed by atoms with Crippen LogP contribution >= 0.6 is 39.7 Å². The maximum atomic E-state index is 12.3. The summed E-state index contributed by atoms with van der Waals surface area (Å²) >= 11 is 14.2. The Balaban J connectivity index is 2.27. The Morgan fingerprint density at radius 1 is 1.29 bits per heavy atom. The number of halogens is 2. The van der Waals surface area contributed by atoms with Crippen LogP contribution in [0.2, 0.25) is 5.02 Å². The maximum Gasteiger partial charge on any atom is 0.256 e. The Morgan fingerprint density at radius 2 is 2.00 bits per heavy atom. The summed E-state index contributed by atoms with van der Waals surface area (Å²) in [6.07, 6.45) is 0.